The lowest BCUT2D eigenvalue weighted by Crippen LogP contribution is -2.60. The van der Waals surface area contributed by atoms with Crippen molar-refractivity contribution in [2.24, 2.45) is 0 Å². The molecule has 0 aromatic heterocycles. The van der Waals surface area contributed by atoms with E-state index < -0.39 is 79.1 Å². The summed E-state index contributed by atoms with van der Waals surface area (Å²) in [7, 11) is 0. The van der Waals surface area contributed by atoms with Crippen LogP contribution in [0.1, 0.15) is 62.3 Å². The fraction of sp³-hybridized carbons (Fsp3) is 0.882. The van der Waals surface area contributed by atoms with Crippen LogP contribution in [0.3, 0.4) is 0 Å². The van der Waals surface area contributed by atoms with Crippen molar-refractivity contribution in [3.05, 3.63) is 0 Å². The lowest BCUT2D eigenvalue weighted by atomic mass is 10.1. The summed E-state index contributed by atoms with van der Waals surface area (Å²) in [4.78, 5) is 52.4. The number of alkyl halides is 6. The quantitative estimate of drug-likeness (QED) is 0.241. The van der Waals surface area contributed by atoms with Gasteiger partial charge in [0.25, 0.3) is 0 Å². The highest BCUT2D eigenvalue weighted by atomic mass is 19.4. The molecule has 0 saturated carbocycles. The van der Waals surface area contributed by atoms with Crippen LogP contribution in [-0.4, -0.2) is 197 Å². The number of rotatable bonds is 4. The molecule has 0 radical (unpaired) electrons. The van der Waals surface area contributed by atoms with Gasteiger partial charge in [-0.05, 0) is 62.3 Å². The minimum Gasteiger partial charge on any atom is -0.444 e. The summed E-state index contributed by atoms with van der Waals surface area (Å²) in [5.74, 6) is -2.01. The summed E-state index contributed by atoms with van der Waals surface area (Å²) in [6.07, 6.45) is -10.9. The maximum Gasteiger partial charge on any atom is 0.471 e. The van der Waals surface area contributed by atoms with Crippen LogP contribution < -0.4 is 5.32 Å². The highest BCUT2D eigenvalue weighted by molar-refractivity contribution is 5.82. The third-order valence-corrected chi connectivity index (χ3v) is 7.83. The minimum absolute atomic E-state index is 0.0293. The van der Waals surface area contributed by atoms with Crippen molar-refractivity contribution in [3.8, 4) is 0 Å². The van der Waals surface area contributed by atoms with Crippen molar-refractivity contribution in [2.75, 3.05) is 85.3 Å². The van der Waals surface area contributed by atoms with Crippen molar-refractivity contribution in [3.63, 3.8) is 0 Å². The fourth-order valence-electron chi connectivity index (χ4n) is 5.37. The average Bonchev–Trinajstić information content (AvgIpc) is 3.05. The molecule has 3 fully saturated rings. The molecule has 0 spiro atoms. The number of nitrogens with one attached hydrogen (secondary N) is 1. The van der Waals surface area contributed by atoms with Gasteiger partial charge >= 0.3 is 36.5 Å². The summed E-state index contributed by atoms with van der Waals surface area (Å²) in [5.41, 5.74) is -1.85. The number of nitrogens with zero attached hydrogens (tertiary/aromatic N) is 5. The number of carbonyl (C=O) groups is 4. The van der Waals surface area contributed by atoms with Gasteiger partial charge in [0.2, 0.25) is 0 Å². The Morgan fingerprint density at radius 2 is 1.00 bits per heavy atom. The molecular formula is C34H60F6N6O10. The van der Waals surface area contributed by atoms with Gasteiger partial charge in [-0.3, -0.25) is 9.69 Å². The summed E-state index contributed by atoms with van der Waals surface area (Å²) >= 11 is 0. The van der Waals surface area contributed by atoms with Gasteiger partial charge in [-0.25, -0.2) is 14.4 Å². The molecule has 4 N–H and O–H groups in total. The highest BCUT2D eigenvalue weighted by Gasteiger charge is 2.46. The molecule has 16 nitrogen and oxygen atoms in total. The van der Waals surface area contributed by atoms with Crippen LogP contribution in [0.5, 0.6) is 0 Å². The van der Waals surface area contributed by atoms with Gasteiger partial charge in [0, 0.05) is 64.9 Å². The molecule has 4 amide bonds. The number of aliphatic hydroxyl groups is 3. The molecule has 0 aromatic rings. The second kappa shape index (κ2) is 20.9. The molecule has 3 saturated heterocycles. The van der Waals surface area contributed by atoms with Crippen LogP contribution in [0.2, 0.25) is 0 Å². The lowest BCUT2D eigenvalue weighted by Gasteiger charge is -2.41. The highest BCUT2D eigenvalue weighted by Crippen LogP contribution is 2.24. The average molecular weight is 827 g/mol. The van der Waals surface area contributed by atoms with Crippen LogP contribution in [0.15, 0.2) is 0 Å². The number of halogens is 6. The molecule has 3 atom stereocenters. The number of aliphatic hydroxyl groups excluding tert-OH is 3. The molecule has 56 heavy (non-hydrogen) atoms. The number of hydrogen-bond donors (Lipinski definition) is 4. The zero-order chi connectivity index (χ0) is 43.4. The molecular weight excluding hydrogens is 766 g/mol. The molecule has 3 aliphatic rings. The summed E-state index contributed by atoms with van der Waals surface area (Å²) in [6, 6.07) is -1.86. The summed E-state index contributed by atoms with van der Waals surface area (Å²) < 4.78 is 90.1. The Morgan fingerprint density at radius 1 is 0.589 bits per heavy atom. The third-order valence-electron chi connectivity index (χ3n) is 7.83. The van der Waals surface area contributed by atoms with Crippen LogP contribution in [-0.2, 0) is 19.0 Å². The van der Waals surface area contributed by atoms with Crippen molar-refractivity contribution in [1.29, 1.82) is 0 Å². The number of hydrogen-bond acceptors (Lipinski definition) is 12. The van der Waals surface area contributed by atoms with E-state index in [9.17, 15) is 50.6 Å². The van der Waals surface area contributed by atoms with Crippen molar-refractivity contribution < 1.29 is 75.1 Å². The normalized spacial score (nSPS) is 21.6. The van der Waals surface area contributed by atoms with Gasteiger partial charge in [0.15, 0.2) is 0 Å². The molecule has 3 aliphatic heterocycles. The van der Waals surface area contributed by atoms with E-state index in [1.165, 1.54) is 9.80 Å². The number of ether oxygens (including phenoxy) is 3. The van der Waals surface area contributed by atoms with Crippen LogP contribution in [0, 0.1) is 0 Å². The van der Waals surface area contributed by atoms with Crippen molar-refractivity contribution in [2.45, 2.75) is 110 Å². The Hall–Kier alpha value is -3.34. The van der Waals surface area contributed by atoms with E-state index >= 15 is 0 Å². The summed E-state index contributed by atoms with van der Waals surface area (Å²) in [5, 5.41) is 30.5. The molecule has 0 aromatic carbocycles. The topological polar surface area (TPSA) is 185 Å². The maximum absolute atomic E-state index is 12.4. The van der Waals surface area contributed by atoms with E-state index in [1.807, 2.05) is 20.8 Å². The Labute approximate surface area is 323 Å². The van der Waals surface area contributed by atoms with E-state index in [0.29, 0.717) is 24.5 Å². The predicted octanol–water partition coefficient (Wildman–Crippen LogP) is 2.64. The van der Waals surface area contributed by atoms with E-state index in [2.05, 4.69) is 5.32 Å². The SMILES string of the molecule is CC(C)(C)OC(=O)N1CCN(C(=O)C(F)(F)F)[C@H](CO)C1.CC(C)(C)OC(=O)N1CCN(CC(F)(F)F)[C@H](CO)C1.CC(C)(C)OC(=O)N1CCN[C@H](CO)C1. The van der Waals surface area contributed by atoms with Gasteiger partial charge in [0.05, 0.1) is 38.4 Å². The first-order valence-corrected chi connectivity index (χ1v) is 18.1. The fourth-order valence-corrected chi connectivity index (χ4v) is 5.37. The largest absolute Gasteiger partial charge is 0.471 e. The van der Waals surface area contributed by atoms with Crippen molar-refractivity contribution >= 4 is 24.2 Å². The molecule has 22 heteroatoms. The first-order chi connectivity index (χ1) is 25.4. The van der Waals surface area contributed by atoms with Gasteiger partial charge in [0.1, 0.15) is 16.8 Å². The zero-order valence-corrected chi connectivity index (χ0v) is 33.6. The van der Waals surface area contributed by atoms with Gasteiger partial charge in [-0.15, -0.1) is 0 Å². The summed E-state index contributed by atoms with van der Waals surface area (Å²) in [6.45, 7) is 15.0. The van der Waals surface area contributed by atoms with E-state index in [1.54, 1.807) is 46.4 Å². The molecule has 0 unspecified atom stereocenters. The Balaban J connectivity index is 0.000000426. The second-order valence-electron chi connectivity index (χ2n) is 16.4. The zero-order valence-electron chi connectivity index (χ0n) is 33.6. The van der Waals surface area contributed by atoms with Gasteiger partial charge < -0.3 is 54.4 Å². The van der Waals surface area contributed by atoms with Crippen LogP contribution in [0.4, 0.5) is 40.7 Å². The lowest BCUT2D eigenvalue weighted by molar-refractivity contribution is -0.190. The standard InChI is InChI=1S/C12H19F3N2O4.C12H21F3N2O3.C10H20N2O3/c1-11(2,3)21-10(20)16-4-5-17(8(6-16)7-18)9(19)12(13,14)15;1-11(2,3)20-10(19)16-4-5-17(8-12(13,14)15)9(6-16)7-18;1-10(2,3)15-9(14)12-5-4-11-8(6-12)7-13/h8,18H,4-7H2,1-3H3;9,18H,4-8H2,1-3H3;8,11,13H,4-7H2,1-3H3/t8-;9-;8-/m000/s1. The minimum atomic E-state index is -5.00. The van der Waals surface area contributed by atoms with Gasteiger partial charge in [-0.1, -0.05) is 0 Å². The third kappa shape index (κ3) is 19.2. The first kappa shape index (κ1) is 50.7. The Kier molecular flexibility index (Phi) is 18.9. The first-order valence-electron chi connectivity index (χ1n) is 18.1. The van der Waals surface area contributed by atoms with Crippen LogP contribution >= 0.6 is 0 Å². The van der Waals surface area contributed by atoms with E-state index in [-0.39, 0.29) is 58.0 Å². The Morgan fingerprint density at radius 3 is 1.38 bits per heavy atom. The monoisotopic (exact) mass is 826 g/mol. The van der Waals surface area contributed by atoms with Crippen LogP contribution in [0.25, 0.3) is 0 Å². The maximum atomic E-state index is 12.4. The number of piperazine rings is 3. The van der Waals surface area contributed by atoms with E-state index in [0.717, 1.165) is 4.90 Å². The smallest absolute Gasteiger partial charge is 0.444 e. The Bertz CT molecular complexity index is 1270. The van der Waals surface area contributed by atoms with E-state index in [4.69, 9.17) is 24.4 Å². The molecule has 328 valence electrons. The van der Waals surface area contributed by atoms with Gasteiger partial charge in [-0.2, -0.15) is 26.3 Å². The number of amides is 4. The number of carbonyl (C=O) groups excluding carboxylic acids is 4. The molecule has 0 aliphatic carbocycles. The second-order valence-corrected chi connectivity index (χ2v) is 16.4. The predicted molar refractivity (Wildman–Crippen MR) is 189 cm³/mol. The van der Waals surface area contributed by atoms with Crippen molar-refractivity contribution in [1.82, 2.24) is 29.8 Å². The molecule has 3 heterocycles. The molecule has 0 bridgehead atoms. The molecule has 3 rings (SSSR count).